The van der Waals surface area contributed by atoms with Crippen molar-refractivity contribution in [1.29, 1.82) is 0 Å². The maximum absolute atomic E-state index is 12.6. The van der Waals surface area contributed by atoms with Crippen molar-refractivity contribution in [3.8, 4) is 0 Å². The maximum atomic E-state index is 12.6. The lowest BCUT2D eigenvalue weighted by molar-refractivity contribution is -0.167. The molecule has 0 rings (SSSR count). The first kappa shape index (κ1) is 54.4. The van der Waals surface area contributed by atoms with Gasteiger partial charge in [-0.1, -0.05) is 240 Å². The Morgan fingerprint density at radius 3 is 0.929 bits per heavy atom. The molecule has 0 aliphatic carbocycles. The minimum Gasteiger partial charge on any atom is -0.462 e. The molecule has 1 unspecified atom stereocenters. The van der Waals surface area contributed by atoms with Crippen LogP contribution in [0.3, 0.4) is 0 Å². The van der Waals surface area contributed by atoms with Crippen LogP contribution in [-0.2, 0) is 28.6 Å². The lowest BCUT2D eigenvalue weighted by Crippen LogP contribution is -2.30. The van der Waals surface area contributed by atoms with Gasteiger partial charge in [0, 0.05) is 19.3 Å². The topological polar surface area (TPSA) is 78.9 Å². The van der Waals surface area contributed by atoms with E-state index in [-0.39, 0.29) is 31.1 Å². The van der Waals surface area contributed by atoms with Gasteiger partial charge in [-0.25, -0.2) is 0 Å². The number of esters is 3. The summed E-state index contributed by atoms with van der Waals surface area (Å²) >= 11 is 0. The minimum absolute atomic E-state index is 0.0637. The minimum atomic E-state index is -0.757. The molecule has 0 radical (unpaired) electrons. The fourth-order valence-electron chi connectivity index (χ4n) is 7.48. The highest BCUT2D eigenvalue weighted by Gasteiger charge is 2.19. The first-order valence-electron chi connectivity index (χ1n) is 24.9. The van der Waals surface area contributed by atoms with Crippen LogP contribution in [0.4, 0.5) is 0 Å². The third-order valence-corrected chi connectivity index (χ3v) is 11.7. The van der Waals surface area contributed by atoms with Crippen LogP contribution in [0.5, 0.6) is 0 Å². The Balaban J connectivity index is 4.06. The Morgan fingerprint density at radius 1 is 0.357 bits per heavy atom. The van der Waals surface area contributed by atoms with Crippen LogP contribution in [0.1, 0.15) is 278 Å². The van der Waals surface area contributed by atoms with Crippen LogP contribution in [0, 0.1) is 5.92 Å². The zero-order valence-electron chi connectivity index (χ0n) is 38.1. The molecule has 332 valence electrons. The van der Waals surface area contributed by atoms with Gasteiger partial charge >= 0.3 is 17.9 Å². The largest absolute Gasteiger partial charge is 0.462 e. The Labute approximate surface area is 348 Å². The second kappa shape index (κ2) is 44.5. The van der Waals surface area contributed by atoms with E-state index in [0.29, 0.717) is 19.3 Å². The number of unbranched alkanes of at least 4 members (excludes halogenated alkanes) is 31. The molecule has 0 aliphatic heterocycles. The van der Waals surface area contributed by atoms with Gasteiger partial charge in [0.1, 0.15) is 13.2 Å². The predicted octanol–water partition coefficient (Wildman–Crippen LogP) is 15.9. The van der Waals surface area contributed by atoms with Crippen LogP contribution < -0.4 is 0 Å². The van der Waals surface area contributed by atoms with E-state index in [0.717, 1.165) is 63.7 Å². The van der Waals surface area contributed by atoms with Gasteiger partial charge in [0.05, 0.1) is 0 Å². The van der Waals surface area contributed by atoms with Gasteiger partial charge in [0.15, 0.2) is 6.10 Å². The number of hydrogen-bond donors (Lipinski definition) is 0. The van der Waals surface area contributed by atoms with Crippen molar-refractivity contribution in [2.24, 2.45) is 5.92 Å². The fraction of sp³-hybridized carbons (Fsp3) is 0.940. The Kier molecular flexibility index (Phi) is 43.2. The second-order valence-electron chi connectivity index (χ2n) is 17.3. The molecule has 0 aromatic rings. The molecule has 0 N–H and O–H groups in total. The molecule has 0 saturated heterocycles. The first-order chi connectivity index (χ1) is 27.4. The van der Waals surface area contributed by atoms with Gasteiger partial charge in [-0.2, -0.15) is 0 Å². The molecule has 0 heterocycles. The Morgan fingerprint density at radius 2 is 0.625 bits per heavy atom. The SMILES string of the molecule is CCCCCCCCCCCC(=O)O[C@H](COC(=O)CCCCCCCCC)COC(=O)CCCCCCCCCCCCCCCCCCCCC(C)CC. The quantitative estimate of drug-likeness (QED) is 0.0347. The van der Waals surface area contributed by atoms with Gasteiger partial charge in [0.25, 0.3) is 0 Å². The van der Waals surface area contributed by atoms with Crippen LogP contribution in [0.2, 0.25) is 0 Å². The van der Waals surface area contributed by atoms with Crippen molar-refractivity contribution in [3.05, 3.63) is 0 Å². The second-order valence-corrected chi connectivity index (χ2v) is 17.3. The van der Waals surface area contributed by atoms with Gasteiger partial charge in [0.2, 0.25) is 0 Å². The molecule has 0 aliphatic rings. The summed E-state index contributed by atoms with van der Waals surface area (Å²) in [5, 5.41) is 0. The molecule has 0 aromatic carbocycles. The molecule has 0 fully saturated rings. The van der Waals surface area contributed by atoms with E-state index in [9.17, 15) is 14.4 Å². The monoisotopic (exact) mass is 793 g/mol. The average Bonchev–Trinajstić information content (AvgIpc) is 3.19. The molecule has 0 amide bonds. The summed E-state index contributed by atoms with van der Waals surface area (Å²) in [7, 11) is 0. The van der Waals surface area contributed by atoms with Crippen molar-refractivity contribution in [3.63, 3.8) is 0 Å². The summed E-state index contributed by atoms with van der Waals surface area (Å²) < 4.78 is 16.7. The summed E-state index contributed by atoms with van der Waals surface area (Å²) in [6, 6.07) is 0. The van der Waals surface area contributed by atoms with E-state index in [1.54, 1.807) is 0 Å². The highest BCUT2D eigenvalue weighted by Crippen LogP contribution is 2.17. The fourth-order valence-corrected chi connectivity index (χ4v) is 7.48. The third kappa shape index (κ3) is 42.0. The van der Waals surface area contributed by atoms with E-state index in [2.05, 4.69) is 27.7 Å². The van der Waals surface area contributed by atoms with Gasteiger partial charge in [-0.15, -0.1) is 0 Å². The van der Waals surface area contributed by atoms with Crippen molar-refractivity contribution in [2.75, 3.05) is 13.2 Å². The molecule has 6 heteroatoms. The van der Waals surface area contributed by atoms with E-state index in [1.807, 2.05) is 0 Å². The Bertz CT molecular complexity index is 843. The average molecular weight is 793 g/mol. The smallest absolute Gasteiger partial charge is 0.306 e. The normalized spacial score (nSPS) is 12.4. The maximum Gasteiger partial charge on any atom is 0.306 e. The summed E-state index contributed by atoms with van der Waals surface area (Å²) in [5.74, 6) is 0.0514. The van der Waals surface area contributed by atoms with Crippen LogP contribution in [-0.4, -0.2) is 37.2 Å². The lowest BCUT2D eigenvalue weighted by atomic mass is 9.99. The highest BCUT2D eigenvalue weighted by molar-refractivity contribution is 5.71. The summed E-state index contributed by atoms with van der Waals surface area (Å²) in [4.78, 5) is 37.6. The van der Waals surface area contributed by atoms with E-state index in [4.69, 9.17) is 14.2 Å². The number of hydrogen-bond acceptors (Lipinski definition) is 6. The third-order valence-electron chi connectivity index (χ3n) is 11.7. The molecule has 0 bridgehead atoms. The van der Waals surface area contributed by atoms with Gasteiger partial charge in [-0.3, -0.25) is 14.4 Å². The van der Waals surface area contributed by atoms with Crippen LogP contribution in [0.15, 0.2) is 0 Å². The van der Waals surface area contributed by atoms with Crippen molar-refractivity contribution >= 4 is 17.9 Å². The van der Waals surface area contributed by atoms with E-state index < -0.39 is 6.10 Å². The zero-order chi connectivity index (χ0) is 41.0. The van der Waals surface area contributed by atoms with E-state index >= 15 is 0 Å². The number of carbonyl (C=O) groups is 3. The molecule has 2 atom stereocenters. The highest BCUT2D eigenvalue weighted by atomic mass is 16.6. The predicted molar refractivity (Wildman–Crippen MR) is 238 cm³/mol. The summed E-state index contributed by atoms with van der Waals surface area (Å²) in [6.07, 6.45) is 45.4. The molecule has 56 heavy (non-hydrogen) atoms. The molecular formula is C50H96O6. The Hall–Kier alpha value is -1.59. The number of carbonyl (C=O) groups excluding carboxylic acids is 3. The summed E-state index contributed by atoms with van der Waals surface area (Å²) in [5.41, 5.74) is 0. The van der Waals surface area contributed by atoms with Gasteiger partial charge in [-0.05, 0) is 25.2 Å². The zero-order valence-corrected chi connectivity index (χ0v) is 38.1. The molecular weight excluding hydrogens is 697 g/mol. The van der Waals surface area contributed by atoms with Crippen LogP contribution >= 0.6 is 0 Å². The number of rotatable bonds is 45. The molecule has 0 aromatic heterocycles. The lowest BCUT2D eigenvalue weighted by Gasteiger charge is -2.18. The van der Waals surface area contributed by atoms with Crippen LogP contribution in [0.25, 0.3) is 0 Å². The standard InChI is InChI=1S/C50H96O6/c1-5-8-10-12-14-25-31-35-39-43-50(53)56-47(44-54-48(51)41-37-33-28-13-11-9-6-2)45-55-49(52)42-38-34-30-27-24-22-20-18-16-15-17-19-21-23-26-29-32-36-40-46(4)7-3/h46-47H,5-45H2,1-4H3/t46?,47-/m1/s1. The van der Waals surface area contributed by atoms with Crippen molar-refractivity contribution in [2.45, 2.75) is 284 Å². The summed E-state index contributed by atoms with van der Waals surface area (Å²) in [6.45, 7) is 9.01. The first-order valence-corrected chi connectivity index (χ1v) is 24.9. The van der Waals surface area contributed by atoms with E-state index in [1.165, 1.54) is 173 Å². The number of ether oxygens (including phenoxy) is 3. The van der Waals surface area contributed by atoms with Gasteiger partial charge < -0.3 is 14.2 Å². The van der Waals surface area contributed by atoms with Crippen molar-refractivity contribution < 1.29 is 28.6 Å². The molecule has 0 saturated carbocycles. The molecule has 6 nitrogen and oxygen atoms in total. The van der Waals surface area contributed by atoms with Crippen molar-refractivity contribution in [1.82, 2.24) is 0 Å². The molecule has 0 spiro atoms.